The highest BCUT2D eigenvalue weighted by molar-refractivity contribution is 5.70. The molecule has 0 unspecified atom stereocenters. The van der Waals surface area contributed by atoms with Crippen LogP contribution in [0, 0.1) is 6.92 Å². The van der Waals surface area contributed by atoms with Gasteiger partial charge in [0.2, 0.25) is 0 Å². The topological polar surface area (TPSA) is 46.5 Å². The second-order valence-corrected chi connectivity index (χ2v) is 5.53. The number of aromatic hydroxyl groups is 1. The van der Waals surface area contributed by atoms with Gasteiger partial charge in [0.05, 0.1) is 0 Å². The second kappa shape index (κ2) is 7.13. The predicted molar refractivity (Wildman–Crippen MR) is 81.2 cm³/mol. The molecule has 3 heteroatoms. The Balaban J connectivity index is 2.98. The number of esters is 1. The van der Waals surface area contributed by atoms with Gasteiger partial charge in [0.1, 0.15) is 11.5 Å². The Morgan fingerprint density at radius 3 is 2.55 bits per heavy atom. The molecule has 0 aliphatic rings. The van der Waals surface area contributed by atoms with Gasteiger partial charge in [-0.25, -0.2) is 0 Å². The van der Waals surface area contributed by atoms with E-state index in [1.54, 1.807) is 19.1 Å². The summed E-state index contributed by atoms with van der Waals surface area (Å²) in [6.07, 6.45) is 4.11. The van der Waals surface area contributed by atoms with Crippen LogP contribution < -0.4 is 4.74 Å². The number of phenolic OH excluding ortho intramolecular Hbond substituents is 1. The maximum absolute atomic E-state index is 11.2. The Hall–Kier alpha value is -1.77. The predicted octanol–water partition coefficient (Wildman–Crippen LogP) is 4.48. The van der Waals surface area contributed by atoms with E-state index in [9.17, 15) is 9.90 Å². The minimum Gasteiger partial charge on any atom is -0.508 e. The Labute approximate surface area is 121 Å². The summed E-state index contributed by atoms with van der Waals surface area (Å²) in [4.78, 5) is 11.2. The molecule has 0 amide bonds. The van der Waals surface area contributed by atoms with Crippen molar-refractivity contribution in [2.75, 3.05) is 0 Å². The molecule has 1 aromatic rings. The minimum atomic E-state index is -0.340. The van der Waals surface area contributed by atoms with E-state index in [1.165, 1.54) is 12.5 Å². The number of carbonyl (C=O) groups is 1. The van der Waals surface area contributed by atoms with Crippen LogP contribution in [0.25, 0.3) is 0 Å². The fraction of sp³-hybridized carbons (Fsp3) is 0.471. The molecule has 1 rings (SSSR count). The molecule has 20 heavy (non-hydrogen) atoms. The summed E-state index contributed by atoms with van der Waals surface area (Å²) in [5, 5.41) is 9.87. The lowest BCUT2D eigenvalue weighted by molar-refractivity contribution is -0.131. The highest BCUT2D eigenvalue weighted by atomic mass is 16.5. The molecule has 0 aliphatic heterocycles. The van der Waals surface area contributed by atoms with E-state index in [-0.39, 0.29) is 17.6 Å². The van der Waals surface area contributed by atoms with Gasteiger partial charge >= 0.3 is 5.97 Å². The fourth-order valence-electron chi connectivity index (χ4n) is 2.09. The van der Waals surface area contributed by atoms with Crippen molar-refractivity contribution < 1.29 is 14.6 Å². The van der Waals surface area contributed by atoms with Crippen molar-refractivity contribution >= 4 is 5.97 Å². The summed E-state index contributed by atoms with van der Waals surface area (Å²) >= 11 is 0. The maximum Gasteiger partial charge on any atom is 0.308 e. The Morgan fingerprint density at radius 1 is 1.35 bits per heavy atom. The first kappa shape index (κ1) is 16.3. The van der Waals surface area contributed by atoms with Crippen molar-refractivity contribution in [3.63, 3.8) is 0 Å². The Morgan fingerprint density at radius 2 is 2.00 bits per heavy atom. The standard InChI is InChI=1S/C17H24O3/c1-11(2)7-6-8-12(3)15-10-16(19)13(4)9-17(15)20-14(5)18/h7,9-10,12,19H,6,8H2,1-5H3/t12-/m1/s1. The lowest BCUT2D eigenvalue weighted by Gasteiger charge is -2.17. The second-order valence-electron chi connectivity index (χ2n) is 5.53. The molecule has 1 N–H and O–H groups in total. The van der Waals surface area contributed by atoms with Gasteiger partial charge in [-0.1, -0.05) is 18.6 Å². The van der Waals surface area contributed by atoms with Crippen molar-refractivity contribution in [1.82, 2.24) is 0 Å². The van der Waals surface area contributed by atoms with E-state index in [2.05, 4.69) is 26.8 Å². The summed E-state index contributed by atoms with van der Waals surface area (Å²) in [5.74, 6) is 0.668. The van der Waals surface area contributed by atoms with E-state index < -0.39 is 0 Å². The van der Waals surface area contributed by atoms with Gasteiger partial charge in [0.15, 0.2) is 0 Å². The van der Waals surface area contributed by atoms with Crippen molar-refractivity contribution in [1.29, 1.82) is 0 Å². The summed E-state index contributed by atoms with van der Waals surface area (Å²) in [6, 6.07) is 3.43. The van der Waals surface area contributed by atoms with Gasteiger partial charge in [0.25, 0.3) is 0 Å². The van der Waals surface area contributed by atoms with Gasteiger partial charge < -0.3 is 9.84 Å². The van der Waals surface area contributed by atoms with Crippen molar-refractivity contribution in [2.24, 2.45) is 0 Å². The number of ether oxygens (including phenoxy) is 1. The first-order chi connectivity index (χ1) is 9.31. The number of phenols is 1. The highest BCUT2D eigenvalue weighted by Gasteiger charge is 2.15. The van der Waals surface area contributed by atoms with Gasteiger partial charge in [-0.15, -0.1) is 0 Å². The summed E-state index contributed by atoms with van der Waals surface area (Å²) in [6.45, 7) is 9.41. The van der Waals surface area contributed by atoms with Crippen LogP contribution in [0.15, 0.2) is 23.8 Å². The van der Waals surface area contributed by atoms with Crippen LogP contribution in [0.4, 0.5) is 0 Å². The zero-order chi connectivity index (χ0) is 15.3. The molecule has 1 aromatic carbocycles. The van der Waals surface area contributed by atoms with E-state index >= 15 is 0 Å². The smallest absolute Gasteiger partial charge is 0.308 e. The third-order valence-corrected chi connectivity index (χ3v) is 3.27. The van der Waals surface area contributed by atoms with Crippen LogP contribution in [0.2, 0.25) is 0 Å². The lowest BCUT2D eigenvalue weighted by atomic mass is 9.93. The molecule has 0 saturated heterocycles. The lowest BCUT2D eigenvalue weighted by Crippen LogP contribution is -2.06. The van der Waals surface area contributed by atoms with Crippen LogP contribution >= 0.6 is 0 Å². The molecule has 0 bridgehead atoms. The molecule has 0 spiro atoms. The van der Waals surface area contributed by atoms with Crippen molar-refractivity contribution in [3.05, 3.63) is 34.9 Å². The van der Waals surface area contributed by atoms with Crippen molar-refractivity contribution in [2.45, 2.75) is 53.4 Å². The molecule has 0 saturated carbocycles. The molecular formula is C17H24O3. The molecule has 1 atom stereocenters. The Bertz CT molecular complexity index is 511. The third-order valence-electron chi connectivity index (χ3n) is 3.27. The quantitative estimate of drug-likeness (QED) is 0.490. The summed E-state index contributed by atoms with van der Waals surface area (Å²) in [5.41, 5.74) is 2.89. The van der Waals surface area contributed by atoms with Crippen LogP contribution in [-0.4, -0.2) is 11.1 Å². The van der Waals surface area contributed by atoms with Crippen molar-refractivity contribution in [3.8, 4) is 11.5 Å². The van der Waals surface area contributed by atoms with E-state index in [4.69, 9.17) is 4.74 Å². The molecule has 0 radical (unpaired) electrons. The highest BCUT2D eigenvalue weighted by Crippen LogP contribution is 2.35. The molecule has 0 aliphatic carbocycles. The Kier molecular flexibility index (Phi) is 5.81. The molecular weight excluding hydrogens is 252 g/mol. The van der Waals surface area contributed by atoms with E-state index in [1.807, 2.05) is 0 Å². The first-order valence-corrected chi connectivity index (χ1v) is 6.96. The molecule has 3 nitrogen and oxygen atoms in total. The average Bonchev–Trinajstić information content (AvgIpc) is 2.32. The number of hydrogen-bond donors (Lipinski definition) is 1. The summed E-state index contributed by atoms with van der Waals surface area (Å²) in [7, 11) is 0. The molecule has 0 heterocycles. The normalized spacial score (nSPS) is 11.8. The molecule has 110 valence electrons. The molecule has 0 aromatic heterocycles. The van der Waals surface area contributed by atoms with E-state index in [0.29, 0.717) is 11.3 Å². The maximum atomic E-state index is 11.2. The SMILES string of the molecule is CC(=O)Oc1cc(C)c(O)cc1[C@H](C)CCC=C(C)C. The number of allylic oxidation sites excluding steroid dienone is 2. The van der Waals surface area contributed by atoms with Crippen LogP contribution in [0.1, 0.15) is 57.6 Å². The fourth-order valence-corrected chi connectivity index (χ4v) is 2.09. The first-order valence-electron chi connectivity index (χ1n) is 6.96. The average molecular weight is 276 g/mol. The van der Waals surface area contributed by atoms with Gasteiger partial charge in [-0.3, -0.25) is 4.79 Å². The van der Waals surface area contributed by atoms with Gasteiger partial charge in [0, 0.05) is 12.5 Å². The van der Waals surface area contributed by atoms with Crippen LogP contribution in [0.5, 0.6) is 11.5 Å². The van der Waals surface area contributed by atoms with Crippen LogP contribution in [-0.2, 0) is 4.79 Å². The van der Waals surface area contributed by atoms with Gasteiger partial charge in [-0.2, -0.15) is 0 Å². The number of carbonyl (C=O) groups excluding carboxylic acids is 1. The minimum absolute atomic E-state index is 0.214. The van der Waals surface area contributed by atoms with Crippen LogP contribution in [0.3, 0.4) is 0 Å². The monoisotopic (exact) mass is 276 g/mol. The molecule has 0 fully saturated rings. The number of aryl methyl sites for hydroxylation is 1. The number of benzene rings is 1. The zero-order valence-electron chi connectivity index (χ0n) is 13.0. The van der Waals surface area contributed by atoms with E-state index in [0.717, 1.165) is 18.4 Å². The zero-order valence-corrected chi connectivity index (χ0v) is 13.0. The summed E-state index contributed by atoms with van der Waals surface area (Å²) < 4.78 is 5.26. The number of rotatable bonds is 5. The van der Waals surface area contributed by atoms with Gasteiger partial charge in [-0.05, 0) is 57.2 Å². The third kappa shape index (κ3) is 4.72. The largest absolute Gasteiger partial charge is 0.508 e. The number of hydrogen-bond acceptors (Lipinski definition) is 3.